The van der Waals surface area contributed by atoms with Gasteiger partial charge in [0.15, 0.2) is 5.67 Å². The van der Waals surface area contributed by atoms with E-state index in [2.05, 4.69) is 5.32 Å². The van der Waals surface area contributed by atoms with E-state index in [1.54, 1.807) is 12.1 Å². The van der Waals surface area contributed by atoms with E-state index in [0.29, 0.717) is 18.1 Å². The molecule has 1 aliphatic heterocycles. The molecule has 2 fully saturated rings. The molecule has 0 spiro atoms. The lowest BCUT2D eigenvalue weighted by atomic mass is 9.85. The number of nitrogens with zero attached hydrogens (tertiary/aromatic N) is 2. The van der Waals surface area contributed by atoms with E-state index in [1.807, 2.05) is 17.0 Å². The van der Waals surface area contributed by atoms with Crippen LogP contribution in [0, 0.1) is 0 Å². The highest BCUT2D eigenvalue weighted by Gasteiger charge is 2.42. The van der Waals surface area contributed by atoms with Crippen molar-refractivity contribution in [2.45, 2.75) is 50.7 Å². The number of benzene rings is 1. The summed E-state index contributed by atoms with van der Waals surface area (Å²) in [5, 5.41) is 3.80. The van der Waals surface area contributed by atoms with Crippen molar-refractivity contribution in [3.63, 3.8) is 0 Å². The zero-order chi connectivity index (χ0) is 20.0. The molecular formula is C21H29ClFN3O2. The average molecular weight is 410 g/mol. The third-order valence-electron chi connectivity index (χ3n) is 5.64. The molecule has 154 valence electrons. The average Bonchev–Trinajstić information content (AvgIpc) is 2.71. The monoisotopic (exact) mass is 409 g/mol. The van der Waals surface area contributed by atoms with Gasteiger partial charge in [-0.15, -0.1) is 0 Å². The van der Waals surface area contributed by atoms with Crippen molar-refractivity contribution < 1.29 is 14.0 Å². The number of amides is 2. The van der Waals surface area contributed by atoms with E-state index in [-0.39, 0.29) is 38.3 Å². The van der Waals surface area contributed by atoms with Crippen molar-refractivity contribution in [2.24, 2.45) is 0 Å². The highest BCUT2D eigenvalue weighted by molar-refractivity contribution is 6.30. The number of alkyl halides is 1. The van der Waals surface area contributed by atoms with Crippen LogP contribution >= 0.6 is 11.6 Å². The van der Waals surface area contributed by atoms with Gasteiger partial charge in [-0.3, -0.25) is 9.59 Å². The Morgan fingerprint density at radius 1 is 1.18 bits per heavy atom. The fourth-order valence-electron chi connectivity index (χ4n) is 4.02. The third-order valence-corrected chi connectivity index (χ3v) is 5.88. The largest absolute Gasteiger partial charge is 0.340 e. The summed E-state index contributed by atoms with van der Waals surface area (Å²) in [4.78, 5) is 28.9. The number of carbonyl (C=O) groups excluding carboxylic acids is 2. The summed E-state index contributed by atoms with van der Waals surface area (Å²) in [7, 11) is 0. The molecule has 1 N–H and O–H groups in total. The number of carbonyl (C=O) groups is 2. The molecule has 1 saturated carbocycles. The maximum atomic E-state index is 15.4. The second-order valence-corrected chi connectivity index (χ2v) is 8.20. The number of hydrogen-bond acceptors (Lipinski definition) is 3. The fourth-order valence-corrected chi connectivity index (χ4v) is 4.23. The first-order valence-corrected chi connectivity index (χ1v) is 10.6. The summed E-state index contributed by atoms with van der Waals surface area (Å²) in [6.45, 7) is 3.40. The molecule has 1 aromatic carbocycles. The maximum Gasteiger partial charge on any atom is 0.260 e. The predicted molar refractivity (Wildman–Crippen MR) is 108 cm³/mol. The van der Waals surface area contributed by atoms with Crippen molar-refractivity contribution in [1.29, 1.82) is 0 Å². The van der Waals surface area contributed by atoms with Crippen LogP contribution in [0.3, 0.4) is 0 Å². The smallest absolute Gasteiger partial charge is 0.260 e. The first kappa shape index (κ1) is 21.1. The fraction of sp³-hybridized carbons (Fsp3) is 0.619. The van der Waals surface area contributed by atoms with E-state index >= 15 is 4.39 Å². The molecular weight excluding hydrogens is 381 g/mol. The van der Waals surface area contributed by atoms with E-state index in [9.17, 15) is 9.59 Å². The summed E-state index contributed by atoms with van der Waals surface area (Å²) in [6, 6.07) is 7.24. The van der Waals surface area contributed by atoms with Gasteiger partial charge in [-0.1, -0.05) is 30.2 Å². The van der Waals surface area contributed by atoms with Crippen LogP contribution in [0.4, 0.5) is 4.39 Å². The van der Waals surface area contributed by atoms with Gasteiger partial charge in [0.25, 0.3) is 5.91 Å². The molecule has 1 aromatic rings. The summed E-state index contributed by atoms with van der Waals surface area (Å²) in [6.07, 6.45) is 3.17. The Bertz CT molecular complexity index is 688. The Kier molecular flexibility index (Phi) is 7.30. The van der Waals surface area contributed by atoms with Gasteiger partial charge < -0.3 is 15.1 Å². The van der Waals surface area contributed by atoms with Gasteiger partial charge in [0.05, 0.1) is 0 Å². The topological polar surface area (TPSA) is 52.7 Å². The Morgan fingerprint density at radius 2 is 1.89 bits per heavy atom. The third kappa shape index (κ3) is 5.45. The van der Waals surface area contributed by atoms with Crippen molar-refractivity contribution in [3.8, 4) is 0 Å². The van der Waals surface area contributed by atoms with Gasteiger partial charge in [0.1, 0.15) is 0 Å². The molecule has 0 atom stereocenters. The van der Waals surface area contributed by atoms with Gasteiger partial charge in [0.2, 0.25) is 5.91 Å². The van der Waals surface area contributed by atoms with E-state index in [1.165, 1.54) is 4.90 Å². The van der Waals surface area contributed by atoms with Crippen LogP contribution in [0.5, 0.6) is 0 Å². The normalized spacial score (nSPS) is 19.3. The maximum absolute atomic E-state index is 15.4. The Hall–Kier alpha value is -1.66. The molecule has 1 aliphatic carbocycles. The van der Waals surface area contributed by atoms with Crippen LogP contribution in [-0.4, -0.2) is 60.0 Å². The highest BCUT2D eigenvalue weighted by atomic mass is 35.5. The second kappa shape index (κ2) is 9.70. The van der Waals surface area contributed by atoms with Crippen LogP contribution < -0.4 is 5.32 Å². The van der Waals surface area contributed by atoms with E-state index in [4.69, 9.17) is 11.6 Å². The van der Waals surface area contributed by atoms with Crippen LogP contribution in [0.2, 0.25) is 5.02 Å². The number of nitrogens with one attached hydrogen (secondary N) is 1. The number of hydrogen-bond donors (Lipinski definition) is 1. The molecule has 0 unspecified atom stereocenters. The molecule has 5 nitrogen and oxygen atoms in total. The van der Waals surface area contributed by atoms with Gasteiger partial charge in [0, 0.05) is 50.7 Å². The summed E-state index contributed by atoms with van der Waals surface area (Å²) in [5.41, 5.74) is -0.968. The van der Waals surface area contributed by atoms with Crippen molar-refractivity contribution in [1.82, 2.24) is 15.1 Å². The van der Waals surface area contributed by atoms with Gasteiger partial charge in [-0.25, -0.2) is 4.39 Å². The first-order valence-electron chi connectivity index (χ1n) is 10.2. The van der Waals surface area contributed by atoms with Crippen LogP contribution in [0.15, 0.2) is 24.3 Å². The zero-order valence-corrected chi connectivity index (χ0v) is 17.0. The molecule has 1 heterocycles. The molecule has 7 heteroatoms. The molecule has 0 aromatic heterocycles. The second-order valence-electron chi connectivity index (χ2n) is 7.76. The lowest BCUT2D eigenvalue weighted by molar-refractivity contribution is -0.147. The predicted octanol–water partition coefficient (Wildman–Crippen LogP) is 3.16. The number of rotatable bonds is 6. The van der Waals surface area contributed by atoms with Gasteiger partial charge >= 0.3 is 0 Å². The molecule has 0 radical (unpaired) electrons. The minimum absolute atomic E-state index is 0.0157. The molecule has 3 rings (SSSR count). The first-order chi connectivity index (χ1) is 13.5. The lowest BCUT2D eigenvalue weighted by Gasteiger charge is -2.34. The van der Waals surface area contributed by atoms with Crippen LogP contribution in [0.25, 0.3) is 0 Å². The summed E-state index contributed by atoms with van der Waals surface area (Å²) in [5.74, 6) is -0.470. The number of halogens is 2. The molecule has 28 heavy (non-hydrogen) atoms. The Morgan fingerprint density at radius 3 is 2.57 bits per heavy atom. The highest BCUT2D eigenvalue weighted by Crippen LogP contribution is 2.34. The van der Waals surface area contributed by atoms with Crippen molar-refractivity contribution in [3.05, 3.63) is 34.9 Å². The van der Waals surface area contributed by atoms with Gasteiger partial charge in [-0.05, 0) is 43.4 Å². The quantitative estimate of drug-likeness (QED) is 0.785. The van der Waals surface area contributed by atoms with Gasteiger partial charge in [-0.2, -0.15) is 0 Å². The minimum atomic E-state index is -1.81. The lowest BCUT2D eigenvalue weighted by Crippen LogP contribution is -2.49. The zero-order valence-electron chi connectivity index (χ0n) is 16.3. The standard InChI is InChI=1S/C21H29ClFN3O2/c22-18-6-4-5-17(15-18)16-26(20(28)21(23)8-2-1-3-9-21)12-7-19(27)25-13-10-24-11-14-25/h4-6,15,24H,1-3,7-14,16H2. The van der Waals surface area contributed by atoms with E-state index < -0.39 is 11.6 Å². The molecule has 1 saturated heterocycles. The van der Waals surface area contributed by atoms with Crippen molar-refractivity contribution >= 4 is 23.4 Å². The van der Waals surface area contributed by atoms with E-state index in [0.717, 1.165) is 37.9 Å². The Balaban J connectivity index is 1.69. The van der Waals surface area contributed by atoms with Crippen LogP contribution in [-0.2, 0) is 16.1 Å². The minimum Gasteiger partial charge on any atom is -0.340 e. The Labute approximate surface area is 171 Å². The summed E-state index contributed by atoms with van der Waals surface area (Å²) >= 11 is 6.07. The molecule has 0 bridgehead atoms. The van der Waals surface area contributed by atoms with Crippen LogP contribution in [0.1, 0.15) is 44.1 Å². The summed E-state index contributed by atoms with van der Waals surface area (Å²) < 4.78 is 15.4. The molecule has 2 aliphatic rings. The molecule has 2 amide bonds. The SMILES string of the molecule is O=C(CCN(Cc1cccc(Cl)c1)C(=O)C1(F)CCCCC1)N1CCNCC1. The van der Waals surface area contributed by atoms with Crippen molar-refractivity contribution in [2.75, 3.05) is 32.7 Å². The number of piperazine rings is 1.